The van der Waals surface area contributed by atoms with Crippen LogP contribution in [0.3, 0.4) is 0 Å². The van der Waals surface area contributed by atoms with Crippen molar-refractivity contribution in [3.8, 4) is 0 Å². The summed E-state index contributed by atoms with van der Waals surface area (Å²) in [5.74, 6) is 0.896. The molecule has 1 heteroatoms. The van der Waals surface area contributed by atoms with Crippen molar-refractivity contribution in [1.29, 1.82) is 0 Å². The number of unbranched alkanes of at least 4 members (excludes halogenated alkanes) is 1. The number of rotatable bonds is 6. The van der Waals surface area contributed by atoms with Crippen LogP contribution < -0.4 is 5.32 Å². The van der Waals surface area contributed by atoms with Crippen LogP contribution in [0.2, 0.25) is 0 Å². The van der Waals surface area contributed by atoms with Gasteiger partial charge in [-0.05, 0) is 37.1 Å². The van der Waals surface area contributed by atoms with Gasteiger partial charge in [0.25, 0.3) is 0 Å². The van der Waals surface area contributed by atoms with E-state index >= 15 is 0 Å². The third kappa shape index (κ3) is 3.76. The van der Waals surface area contributed by atoms with E-state index < -0.39 is 0 Å². The molecule has 1 saturated carbocycles. The predicted octanol–water partition coefficient (Wildman–Crippen LogP) is 4.37. The molecule has 1 aliphatic carbocycles. The maximum atomic E-state index is 3.74. The molecule has 16 heavy (non-hydrogen) atoms. The van der Waals surface area contributed by atoms with Gasteiger partial charge < -0.3 is 5.32 Å². The van der Waals surface area contributed by atoms with Crippen LogP contribution in [-0.2, 0) is 0 Å². The molecule has 0 bridgehead atoms. The fourth-order valence-corrected chi connectivity index (χ4v) is 3.40. The summed E-state index contributed by atoms with van der Waals surface area (Å²) in [6, 6.07) is 0.764. The Morgan fingerprint density at radius 3 is 2.56 bits per heavy atom. The summed E-state index contributed by atoms with van der Waals surface area (Å²) in [7, 11) is 0. The maximum Gasteiger partial charge on any atom is 0.0100 e. The Morgan fingerprint density at radius 1 is 1.25 bits per heavy atom. The van der Waals surface area contributed by atoms with Gasteiger partial charge in [0.05, 0.1) is 0 Å². The minimum absolute atomic E-state index is 0.554. The van der Waals surface area contributed by atoms with Gasteiger partial charge in [0.15, 0.2) is 0 Å². The van der Waals surface area contributed by atoms with Crippen molar-refractivity contribution in [1.82, 2.24) is 5.32 Å². The molecule has 0 saturated heterocycles. The highest BCUT2D eigenvalue weighted by Gasteiger charge is 2.36. The topological polar surface area (TPSA) is 12.0 Å². The largest absolute Gasteiger partial charge is 0.314 e. The highest BCUT2D eigenvalue weighted by molar-refractivity contribution is 4.90. The van der Waals surface area contributed by atoms with Crippen molar-refractivity contribution >= 4 is 0 Å². The van der Waals surface area contributed by atoms with E-state index in [-0.39, 0.29) is 0 Å². The van der Waals surface area contributed by atoms with Crippen molar-refractivity contribution in [2.24, 2.45) is 11.3 Å². The Bertz CT molecular complexity index is 186. The Kier molecular flexibility index (Phi) is 5.82. The van der Waals surface area contributed by atoms with Crippen LogP contribution in [0, 0.1) is 11.3 Å². The first-order valence-electron chi connectivity index (χ1n) is 7.35. The lowest BCUT2D eigenvalue weighted by Gasteiger charge is -2.43. The first kappa shape index (κ1) is 14.0. The molecule has 0 aromatic rings. The monoisotopic (exact) mass is 225 g/mol. The van der Waals surface area contributed by atoms with Crippen LogP contribution in [0.25, 0.3) is 0 Å². The van der Waals surface area contributed by atoms with Crippen molar-refractivity contribution in [3.05, 3.63) is 0 Å². The summed E-state index contributed by atoms with van der Waals surface area (Å²) in [4.78, 5) is 0. The van der Waals surface area contributed by atoms with E-state index in [4.69, 9.17) is 0 Å². The molecule has 2 atom stereocenters. The fourth-order valence-electron chi connectivity index (χ4n) is 3.40. The highest BCUT2D eigenvalue weighted by atomic mass is 14.9. The highest BCUT2D eigenvalue weighted by Crippen LogP contribution is 2.43. The van der Waals surface area contributed by atoms with Gasteiger partial charge in [0.1, 0.15) is 0 Å². The zero-order valence-corrected chi connectivity index (χ0v) is 11.8. The minimum atomic E-state index is 0.554. The summed E-state index contributed by atoms with van der Waals surface area (Å²) in [6.07, 6.45) is 9.83. The second kappa shape index (κ2) is 6.64. The molecular weight excluding hydrogens is 194 g/mol. The van der Waals surface area contributed by atoms with Crippen molar-refractivity contribution in [3.63, 3.8) is 0 Å². The van der Waals surface area contributed by atoms with E-state index in [1.54, 1.807) is 0 Å². The van der Waals surface area contributed by atoms with Gasteiger partial charge in [-0.2, -0.15) is 0 Å². The second-order valence-corrected chi connectivity index (χ2v) is 6.15. The first-order chi connectivity index (χ1) is 7.61. The SMILES string of the molecule is CCCCC(NCC)C1CCCCC1(C)C. The van der Waals surface area contributed by atoms with Gasteiger partial charge in [-0.15, -0.1) is 0 Å². The van der Waals surface area contributed by atoms with E-state index in [0.717, 1.165) is 18.5 Å². The molecule has 1 aliphatic rings. The average molecular weight is 225 g/mol. The average Bonchev–Trinajstić information content (AvgIpc) is 2.24. The smallest absolute Gasteiger partial charge is 0.0100 e. The molecule has 0 aromatic heterocycles. The standard InChI is InChI=1S/C15H31N/c1-5-7-11-14(16-6-2)13-10-8-9-12-15(13,3)4/h13-14,16H,5-12H2,1-4H3. The molecule has 0 aliphatic heterocycles. The summed E-state index contributed by atoms with van der Waals surface area (Å²) >= 11 is 0. The zero-order chi connectivity index (χ0) is 12.0. The molecule has 1 N–H and O–H groups in total. The van der Waals surface area contributed by atoms with Gasteiger partial charge in [0, 0.05) is 6.04 Å². The lowest BCUT2D eigenvalue weighted by Crippen LogP contribution is -2.44. The van der Waals surface area contributed by atoms with Crippen molar-refractivity contribution in [2.45, 2.75) is 78.7 Å². The van der Waals surface area contributed by atoms with Crippen LogP contribution in [0.4, 0.5) is 0 Å². The molecule has 96 valence electrons. The molecule has 0 radical (unpaired) electrons. The van der Waals surface area contributed by atoms with E-state index in [9.17, 15) is 0 Å². The van der Waals surface area contributed by atoms with Crippen molar-refractivity contribution in [2.75, 3.05) is 6.54 Å². The third-order valence-corrected chi connectivity index (χ3v) is 4.41. The quantitative estimate of drug-likeness (QED) is 0.708. The molecule has 0 amide bonds. The number of hydrogen-bond donors (Lipinski definition) is 1. The lowest BCUT2D eigenvalue weighted by atomic mass is 9.65. The molecule has 0 aromatic carbocycles. The Morgan fingerprint density at radius 2 is 2.00 bits per heavy atom. The molecule has 2 unspecified atom stereocenters. The van der Waals surface area contributed by atoms with Gasteiger partial charge in [-0.3, -0.25) is 0 Å². The van der Waals surface area contributed by atoms with Crippen LogP contribution in [0.5, 0.6) is 0 Å². The van der Waals surface area contributed by atoms with Crippen LogP contribution >= 0.6 is 0 Å². The molecule has 1 rings (SSSR count). The maximum absolute atomic E-state index is 3.74. The van der Waals surface area contributed by atoms with Crippen molar-refractivity contribution < 1.29 is 0 Å². The van der Waals surface area contributed by atoms with Gasteiger partial charge in [-0.1, -0.05) is 53.4 Å². The Labute approximate surface area is 102 Å². The van der Waals surface area contributed by atoms with E-state index in [1.807, 2.05) is 0 Å². The normalized spacial score (nSPS) is 26.6. The summed E-state index contributed by atoms with van der Waals surface area (Å²) < 4.78 is 0. The molecule has 0 spiro atoms. The number of nitrogens with one attached hydrogen (secondary N) is 1. The first-order valence-corrected chi connectivity index (χ1v) is 7.35. The molecule has 0 heterocycles. The summed E-state index contributed by atoms with van der Waals surface area (Å²) in [5, 5.41) is 3.74. The van der Waals surface area contributed by atoms with Gasteiger partial charge >= 0.3 is 0 Å². The minimum Gasteiger partial charge on any atom is -0.314 e. The Hall–Kier alpha value is -0.0400. The second-order valence-electron chi connectivity index (χ2n) is 6.15. The van der Waals surface area contributed by atoms with E-state index in [2.05, 4.69) is 33.0 Å². The predicted molar refractivity (Wildman–Crippen MR) is 72.7 cm³/mol. The third-order valence-electron chi connectivity index (χ3n) is 4.41. The van der Waals surface area contributed by atoms with Gasteiger partial charge in [-0.25, -0.2) is 0 Å². The molecule has 1 nitrogen and oxygen atoms in total. The zero-order valence-electron chi connectivity index (χ0n) is 11.8. The van der Waals surface area contributed by atoms with E-state index in [0.29, 0.717) is 5.41 Å². The van der Waals surface area contributed by atoms with Gasteiger partial charge in [0.2, 0.25) is 0 Å². The lowest BCUT2D eigenvalue weighted by molar-refractivity contribution is 0.0944. The number of hydrogen-bond acceptors (Lipinski definition) is 1. The van der Waals surface area contributed by atoms with Crippen LogP contribution in [0.15, 0.2) is 0 Å². The fraction of sp³-hybridized carbons (Fsp3) is 1.00. The van der Waals surface area contributed by atoms with Crippen LogP contribution in [0.1, 0.15) is 72.6 Å². The Balaban J connectivity index is 2.59. The van der Waals surface area contributed by atoms with Crippen LogP contribution in [-0.4, -0.2) is 12.6 Å². The summed E-state index contributed by atoms with van der Waals surface area (Å²) in [5.41, 5.74) is 0.554. The molecule has 1 fully saturated rings. The molecular formula is C15H31N. The summed E-state index contributed by atoms with van der Waals surface area (Å²) in [6.45, 7) is 10.6. The van der Waals surface area contributed by atoms with E-state index in [1.165, 1.54) is 44.9 Å².